The van der Waals surface area contributed by atoms with Crippen LogP contribution in [0.3, 0.4) is 0 Å². The van der Waals surface area contributed by atoms with Crippen molar-refractivity contribution in [2.45, 2.75) is 26.7 Å². The van der Waals surface area contributed by atoms with Crippen molar-refractivity contribution in [3.05, 3.63) is 83.4 Å². The van der Waals surface area contributed by atoms with Gasteiger partial charge in [0.05, 0.1) is 24.6 Å². The van der Waals surface area contributed by atoms with Gasteiger partial charge in [0.25, 0.3) is 5.91 Å². The predicted molar refractivity (Wildman–Crippen MR) is 126 cm³/mol. The first-order valence-corrected chi connectivity index (χ1v) is 10.9. The molecule has 0 atom stereocenters. The minimum atomic E-state index is -0.568. The number of hydrogen-bond acceptors (Lipinski definition) is 4. The molecule has 0 unspecified atom stereocenters. The van der Waals surface area contributed by atoms with Crippen LogP contribution in [-0.2, 0) is 11.2 Å². The standard InChI is InChI=1S/C26H26F2N2O4/c1-3-33-23-16-22(30-26(32)17-8-6-5-7-9-17)24(34-4-2)15-21(23)29-25(31)13-10-18-14-19(27)11-12-20(18)28/h5-9,11-12,14-16H,3-4,10,13H2,1-2H3,(H,29,31)(H,30,32). The summed E-state index contributed by atoms with van der Waals surface area (Å²) in [6, 6.07) is 15.0. The van der Waals surface area contributed by atoms with Gasteiger partial charge in [-0.25, -0.2) is 8.78 Å². The lowest BCUT2D eigenvalue weighted by molar-refractivity contribution is -0.116. The highest BCUT2D eigenvalue weighted by molar-refractivity contribution is 6.05. The van der Waals surface area contributed by atoms with Crippen molar-refractivity contribution in [2.75, 3.05) is 23.8 Å². The summed E-state index contributed by atoms with van der Waals surface area (Å²) in [6.07, 6.45) is -0.0364. The van der Waals surface area contributed by atoms with Crippen molar-refractivity contribution in [2.24, 2.45) is 0 Å². The van der Waals surface area contributed by atoms with Gasteiger partial charge in [-0.1, -0.05) is 18.2 Å². The van der Waals surface area contributed by atoms with Crippen LogP contribution >= 0.6 is 0 Å². The first-order valence-electron chi connectivity index (χ1n) is 10.9. The lowest BCUT2D eigenvalue weighted by Crippen LogP contribution is -2.16. The van der Waals surface area contributed by atoms with Crippen LogP contribution in [0.5, 0.6) is 11.5 Å². The van der Waals surface area contributed by atoms with Gasteiger partial charge in [0.2, 0.25) is 5.91 Å². The maximum Gasteiger partial charge on any atom is 0.255 e. The molecule has 2 N–H and O–H groups in total. The summed E-state index contributed by atoms with van der Waals surface area (Å²) in [6.45, 7) is 4.23. The molecule has 0 radical (unpaired) electrons. The number of carbonyl (C=O) groups excluding carboxylic acids is 2. The van der Waals surface area contributed by atoms with Gasteiger partial charge in [-0.15, -0.1) is 0 Å². The monoisotopic (exact) mass is 468 g/mol. The minimum Gasteiger partial charge on any atom is -0.492 e. The number of nitrogens with one attached hydrogen (secondary N) is 2. The first kappa shape index (κ1) is 24.7. The van der Waals surface area contributed by atoms with Gasteiger partial charge in [-0.2, -0.15) is 0 Å². The molecule has 0 aromatic heterocycles. The number of carbonyl (C=O) groups is 2. The van der Waals surface area contributed by atoms with Crippen LogP contribution in [-0.4, -0.2) is 25.0 Å². The number of anilines is 2. The van der Waals surface area contributed by atoms with E-state index in [0.29, 0.717) is 41.7 Å². The molecule has 0 bridgehead atoms. The fraction of sp³-hybridized carbons (Fsp3) is 0.231. The molecule has 34 heavy (non-hydrogen) atoms. The highest BCUT2D eigenvalue weighted by Gasteiger charge is 2.17. The third-order valence-corrected chi connectivity index (χ3v) is 4.87. The summed E-state index contributed by atoms with van der Waals surface area (Å²) in [5, 5.41) is 5.55. The second-order valence-electron chi connectivity index (χ2n) is 7.31. The zero-order chi connectivity index (χ0) is 24.5. The molecule has 178 valence electrons. The van der Waals surface area contributed by atoms with E-state index in [0.717, 1.165) is 18.2 Å². The van der Waals surface area contributed by atoms with E-state index in [-0.39, 0.29) is 24.3 Å². The zero-order valence-electron chi connectivity index (χ0n) is 19.0. The van der Waals surface area contributed by atoms with E-state index >= 15 is 0 Å². The molecule has 3 aromatic carbocycles. The molecule has 0 fully saturated rings. The molecule has 6 nitrogen and oxygen atoms in total. The molecular formula is C26H26F2N2O4. The summed E-state index contributed by atoms with van der Waals surface area (Å²) in [4.78, 5) is 25.2. The summed E-state index contributed by atoms with van der Waals surface area (Å²) >= 11 is 0. The molecular weight excluding hydrogens is 442 g/mol. The highest BCUT2D eigenvalue weighted by Crippen LogP contribution is 2.37. The summed E-state index contributed by atoms with van der Waals surface area (Å²) in [7, 11) is 0. The SMILES string of the molecule is CCOc1cc(NC(=O)c2ccccc2)c(OCC)cc1NC(=O)CCc1cc(F)ccc1F. The molecule has 0 spiro atoms. The quantitative estimate of drug-likeness (QED) is 0.407. The van der Waals surface area contributed by atoms with Crippen LogP contribution in [0.15, 0.2) is 60.7 Å². The summed E-state index contributed by atoms with van der Waals surface area (Å²) in [5.74, 6) is -1.18. The second kappa shape index (κ2) is 11.8. The Bertz CT molecular complexity index is 1150. The minimum absolute atomic E-state index is 0.0307. The molecule has 2 amide bonds. The van der Waals surface area contributed by atoms with Crippen molar-refractivity contribution in [1.29, 1.82) is 0 Å². The number of halogens is 2. The molecule has 0 heterocycles. The lowest BCUT2D eigenvalue weighted by Gasteiger charge is -2.18. The Morgan fingerprint density at radius 3 is 2.06 bits per heavy atom. The maximum atomic E-state index is 13.9. The van der Waals surface area contributed by atoms with Gasteiger partial charge in [0.15, 0.2) is 0 Å². The number of benzene rings is 3. The first-order chi connectivity index (χ1) is 16.4. The van der Waals surface area contributed by atoms with Gasteiger partial charge in [0, 0.05) is 24.1 Å². The van der Waals surface area contributed by atoms with E-state index in [9.17, 15) is 18.4 Å². The molecule has 3 rings (SSSR count). The predicted octanol–water partition coefficient (Wildman–Crippen LogP) is 5.59. The van der Waals surface area contributed by atoms with Crippen molar-refractivity contribution < 1.29 is 27.8 Å². The number of hydrogen-bond donors (Lipinski definition) is 2. The largest absolute Gasteiger partial charge is 0.492 e. The van der Waals surface area contributed by atoms with Crippen molar-refractivity contribution in [1.82, 2.24) is 0 Å². The van der Waals surface area contributed by atoms with Gasteiger partial charge in [-0.3, -0.25) is 9.59 Å². The van der Waals surface area contributed by atoms with Crippen molar-refractivity contribution >= 4 is 23.2 Å². The van der Waals surface area contributed by atoms with E-state index in [1.807, 2.05) is 6.07 Å². The molecule has 3 aromatic rings. The Kier molecular flexibility index (Phi) is 8.56. The lowest BCUT2D eigenvalue weighted by atomic mass is 10.1. The van der Waals surface area contributed by atoms with E-state index in [1.165, 1.54) is 0 Å². The van der Waals surface area contributed by atoms with Gasteiger partial charge >= 0.3 is 0 Å². The van der Waals surface area contributed by atoms with Crippen LogP contribution in [0, 0.1) is 11.6 Å². The third kappa shape index (κ3) is 6.54. The summed E-state index contributed by atoms with van der Waals surface area (Å²) in [5.41, 5.74) is 1.32. The average molecular weight is 469 g/mol. The van der Waals surface area contributed by atoms with Crippen LogP contribution < -0.4 is 20.1 Å². The van der Waals surface area contributed by atoms with Crippen LogP contribution in [0.4, 0.5) is 20.2 Å². The Hall–Kier alpha value is -3.94. The topological polar surface area (TPSA) is 76.7 Å². The fourth-order valence-electron chi connectivity index (χ4n) is 3.28. The molecule has 0 aliphatic heterocycles. The average Bonchev–Trinajstić information content (AvgIpc) is 2.83. The number of ether oxygens (including phenoxy) is 2. The zero-order valence-corrected chi connectivity index (χ0v) is 19.0. The van der Waals surface area contributed by atoms with Crippen molar-refractivity contribution in [3.8, 4) is 11.5 Å². The Labute approximate surface area is 196 Å². The van der Waals surface area contributed by atoms with Crippen molar-refractivity contribution in [3.63, 3.8) is 0 Å². The van der Waals surface area contributed by atoms with Crippen LogP contribution in [0.25, 0.3) is 0 Å². The number of amides is 2. The molecule has 8 heteroatoms. The normalized spacial score (nSPS) is 10.5. The Morgan fingerprint density at radius 1 is 0.824 bits per heavy atom. The van der Waals surface area contributed by atoms with E-state index in [1.54, 1.807) is 50.2 Å². The van der Waals surface area contributed by atoms with Crippen LogP contribution in [0.1, 0.15) is 36.2 Å². The molecule has 0 saturated carbocycles. The van der Waals surface area contributed by atoms with Crippen LogP contribution in [0.2, 0.25) is 0 Å². The summed E-state index contributed by atoms with van der Waals surface area (Å²) < 4.78 is 38.6. The highest BCUT2D eigenvalue weighted by atomic mass is 19.1. The smallest absolute Gasteiger partial charge is 0.255 e. The second-order valence-corrected chi connectivity index (χ2v) is 7.31. The van der Waals surface area contributed by atoms with E-state index in [2.05, 4.69) is 10.6 Å². The van der Waals surface area contributed by atoms with E-state index < -0.39 is 17.5 Å². The molecule has 0 aliphatic carbocycles. The Morgan fingerprint density at radius 2 is 1.44 bits per heavy atom. The number of aryl methyl sites for hydroxylation is 1. The van der Waals surface area contributed by atoms with Gasteiger partial charge in [0.1, 0.15) is 23.1 Å². The Balaban J connectivity index is 1.80. The fourth-order valence-corrected chi connectivity index (χ4v) is 3.28. The maximum absolute atomic E-state index is 13.9. The van der Waals surface area contributed by atoms with Gasteiger partial charge < -0.3 is 20.1 Å². The third-order valence-electron chi connectivity index (χ3n) is 4.87. The van der Waals surface area contributed by atoms with Gasteiger partial charge in [-0.05, 0) is 56.2 Å². The molecule has 0 aliphatic rings. The number of rotatable bonds is 10. The van der Waals surface area contributed by atoms with E-state index in [4.69, 9.17) is 9.47 Å². The molecule has 0 saturated heterocycles.